The van der Waals surface area contributed by atoms with Crippen LogP contribution >= 0.6 is 0 Å². The van der Waals surface area contributed by atoms with Gasteiger partial charge in [-0.1, -0.05) is 30.3 Å². The summed E-state index contributed by atoms with van der Waals surface area (Å²) in [6.45, 7) is 2.01. The maximum absolute atomic E-state index is 13.5. The van der Waals surface area contributed by atoms with Crippen molar-refractivity contribution in [3.63, 3.8) is 0 Å². The molecule has 2 amide bonds. The Kier molecular flexibility index (Phi) is 8.44. The third-order valence-electron chi connectivity index (χ3n) is 6.50. The number of imide groups is 1. The summed E-state index contributed by atoms with van der Waals surface area (Å²) in [7, 11) is 0.727. The molecule has 1 aromatic heterocycles. The van der Waals surface area contributed by atoms with Crippen LogP contribution in [0.5, 0.6) is 0 Å². The second kappa shape index (κ2) is 11.8. The average Bonchev–Trinajstić information content (AvgIpc) is 3.38. The van der Waals surface area contributed by atoms with Gasteiger partial charge in [0.15, 0.2) is 0 Å². The van der Waals surface area contributed by atoms with E-state index in [9.17, 15) is 23.3 Å². The Morgan fingerprint density at radius 3 is 2.45 bits per heavy atom. The highest BCUT2D eigenvalue weighted by Crippen LogP contribution is 2.32. The third kappa shape index (κ3) is 5.51. The maximum Gasteiger partial charge on any atom is 0.271 e. The fraction of sp³-hybridized carbons (Fsp3) is 0.241. The lowest BCUT2D eigenvalue weighted by atomic mass is 9.93. The first-order valence-corrected chi connectivity index (χ1v) is 13.9. The molecule has 2 heterocycles. The lowest BCUT2D eigenvalue weighted by molar-refractivity contribution is -0.140. The topological polar surface area (TPSA) is 126 Å². The lowest BCUT2D eigenvalue weighted by Crippen LogP contribution is -2.43. The zero-order valence-electron chi connectivity index (χ0n) is 22.7. The normalized spacial score (nSPS) is 15.3. The number of aromatic nitrogens is 2. The molecule has 1 aliphatic heterocycles. The molecule has 0 saturated carbocycles. The summed E-state index contributed by atoms with van der Waals surface area (Å²) in [5, 5.41) is 14.5. The lowest BCUT2D eigenvalue weighted by Gasteiger charge is -2.27. The number of carbonyl (C=O) groups excluding carboxylic acids is 2. The number of amides is 2. The van der Waals surface area contributed by atoms with Crippen LogP contribution in [0.1, 0.15) is 18.9 Å². The van der Waals surface area contributed by atoms with E-state index in [2.05, 4.69) is 0 Å². The summed E-state index contributed by atoms with van der Waals surface area (Å²) in [5.41, 5.74) is 2.54. The SMILES string of the molecule is COCCCN1C(=O)C(C#N)=C(C)/C(=C\c2cn(-c3ccccc3)nc2-c2cccc(S(=O)(=O)N(C)C)c2)C1=O. The molecular weight excluding hydrogens is 530 g/mol. The van der Waals surface area contributed by atoms with Crippen LogP contribution in [-0.2, 0) is 24.3 Å². The minimum atomic E-state index is -3.71. The molecule has 0 saturated heterocycles. The van der Waals surface area contributed by atoms with Gasteiger partial charge in [0.1, 0.15) is 17.3 Å². The van der Waals surface area contributed by atoms with Crippen molar-refractivity contribution in [1.82, 2.24) is 19.0 Å². The number of sulfonamides is 1. The monoisotopic (exact) mass is 559 g/mol. The van der Waals surface area contributed by atoms with Crippen molar-refractivity contribution >= 4 is 27.9 Å². The first-order valence-electron chi connectivity index (χ1n) is 12.5. The molecule has 0 aliphatic carbocycles. The number of hydrogen-bond donors (Lipinski definition) is 0. The van der Waals surface area contributed by atoms with Crippen molar-refractivity contribution in [1.29, 1.82) is 5.26 Å². The van der Waals surface area contributed by atoms with Gasteiger partial charge in [-0.25, -0.2) is 17.4 Å². The van der Waals surface area contributed by atoms with Gasteiger partial charge >= 0.3 is 0 Å². The number of rotatable bonds is 9. The van der Waals surface area contributed by atoms with Crippen LogP contribution in [0.25, 0.3) is 23.0 Å². The van der Waals surface area contributed by atoms with Crippen LogP contribution in [0.3, 0.4) is 0 Å². The minimum Gasteiger partial charge on any atom is -0.385 e. The molecule has 206 valence electrons. The number of nitrogens with zero attached hydrogens (tertiary/aromatic N) is 5. The molecule has 0 fully saturated rings. The molecule has 40 heavy (non-hydrogen) atoms. The van der Waals surface area contributed by atoms with E-state index < -0.39 is 21.8 Å². The highest BCUT2D eigenvalue weighted by Gasteiger charge is 2.35. The Balaban J connectivity index is 1.91. The van der Waals surface area contributed by atoms with Crippen molar-refractivity contribution < 1.29 is 22.7 Å². The molecule has 0 atom stereocenters. The number of benzene rings is 2. The van der Waals surface area contributed by atoms with Crippen molar-refractivity contribution in [2.24, 2.45) is 0 Å². The Bertz CT molecular complexity index is 1660. The fourth-order valence-electron chi connectivity index (χ4n) is 4.30. The number of nitriles is 1. The van der Waals surface area contributed by atoms with Gasteiger partial charge < -0.3 is 4.74 Å². The molecule has 0 bridgehead atoms. The number of hydrogen-bond acceptors (Lipinski definition) is 7. The van der Waals surface area contributed by atoms with Gasteiger partial charge in [-0.15, -0.1) is 0 Å². The van der Waals surface area contributed by atoms with Crippen LogP contribution < -0.4 is 0 Å². The first kappa shape index (κ1) is 28.6. The quantitative estimate of drug-likeness (QED) is 0.223. The molecule has 10 nitrogen and oxygen atoms in total. The predicted octanol–water partition coefficient (Wildman–Crippen LogP) is 3.42. The van der Waals surface area contributed by atoms with Crippen molar-refractivity contribution in [2.45, 2.75) is 18.2 Å². The fourth-order valence-corrected chi connectivity index (χ4v) is 5.25. The van der Waals surface area contributed by atoms with E-state index in [4.69, 9.17) is 9.84 Å². The maximum atomic E-state index is 13.5. The van der Waals surface area contributed by atoms with Gasteiger partial charge in [0.25, 0.3) is 11.8 Å². The summed E-state index contributed by atoms with van der Waals surface area (Å²) < 4.78 is 33.5. The van der Waals surface area contributed by atoms with Gasteiger partial charge in [-0.3, -0.25) is 14.5 Å². The summed E-state index contributed by atoms with van der Waals surface area (Å²) in [5.74, 6) is -1.17. The van der Waals surface area contributed by atoms with Crippen LogP contribution in [0.2, 0.25) is 0 Å². The van der Waals surface area contributed by atoms with Crippen LogP contribution in [0, 0.1) is 11.3 Å². The number of para-hydroxylation sites is 1. The van der Waals surface area contributed by atoms with E-state index in [0.29, 0.717) is 29.8 Å². The zero-order valence-corrected chi connectivity index (χ0v) is 23.5. The summed E-state index contributed by atoms with van der Waals surface area (Å²) in [4.78, 5) is 27.6. The summed E-state index contributed by atoms with van der Waals surface area (Å²) in [6.07, 6.45) is 3.74. The zero-order chi connectivity index (χ0) is 29.0. The highest BCUT2D eigenvalue weighted by atomic mass is 32.2. The van der Waals surface area contributed by atoms with Crippen molar-refractivity contribution in [2.75, 3.05) is 34.4 Å². The van der Waals surface area contributed by atoms with Crippen LogP contribution in [0.15, 0.2) is 82.4 Å². The van der Waals surface area contributed by atoms with E-state index in [1.54, 1.807) is 36.0 Å². The second-order valence-corrected chi connectivity index (χ2v) is 11.5. The van der Waals surface area contributed by atoms with Gasteiger partial charge in [0.2, 0.25) is 10.0 Å². The molecule has 0 unspecified atom stereocenters. The molecule has 11 heteroatoms. The summed E-state index contributed by atoms with van der Waals surface area (Å²) >= 11 is 0. The molecule has 3 aromatic rings. The molecule has 0 radical (unpaired) electrons. The second-order valence-electron chi connectivity index (χ2n) is 9.31. The first-order chi connectivity index (χ1) is 19.1. The Morgan fingerprint density at radius 1 is 1.07 bits per heavy atom. The molecule has 0 N–H and O–H groups in total. The Labute approximate surface area is 233 Å². The Hall–Kier alpha value is -4.37. The average molecular weight is 560 g/mol. The number of ether oxygens (including phenoxy) is 1. The van der Waals surface area contributed by atoms with Gasteiger partial charge in [-0.2, -0.15) is 10.4 Å². The number of carbonyl (C=O) groups is 2. The smallest absolute Gasteiger partial charge is 0.271 e. The van der Waals surface area contributed by atoms with Crippen LogP contribution in [-0.4, -0.2) is 73.6 Å². The predicted molar refractivity (Wildman–Crippen MR) is 149 cm³/mol. The van der Waals surface area contributed by atoms with Gasteiger partial charge in [-0.05, 0) is 49.3 Å². The van der Waals surface area contributed by atoms with Crippen LogP contribution in [0.4, 0.5) is 0 Å². The largest absolute Gasteiger partial charge is 0.385 e. The minimum absolute atomic E-state index is 0.0920. The van der Waals surface area contributed by atoms with Gasteiger partial charge in [0.05, 0.1) is 10.6 Å². The standard InChI is InChI=1S/C29H29N5O5S/c1-20-25(28(35)33(14-9-15-39-4)29(36)26(20)18-30)17-22-19-34(23-11-6-5-7-12-23)31-27(22)21-10-8-13-24(16-21)40(37,38)32(2)3/h5-8,10-13,16-17,19H,9,14-15H2,1-4H3/b25-17+. The molecular formula is C29H29N5O5S. The third-order valence-corrected chi connectivity index (χ3v) is 8.32. The summed E-state index contributed by atoms with van der Waals surface area (Å²) in [6, 6.07) is 17.7. The molecule has 1 aliphatic rings. The van der Waals surface area contributed by atoms with E-state index >= 15 is 0 Å². The van der Waals surface area contributed by atoms with Crippen molar-refractivity contribution in [3.8, 4) is 23.0 Å². The Morgan fingerprint density at radius 2 is 1.80 bits per heavy atom. The molecule has 4 rings (SSSR count). The van der Waals surface area contributed by atoms with Gasteiger partial charge in [0, 0.05) is 57.3 Å². The van der Waals surface area contributed by atoms with E-state index in [1.807, 2.05) is 36.4 Å². The number of methoxy groups -OCH3 is 1. The van der Waals surface area contributed by atoms with E-state index in [0.717, 1.165) is 14.9 Å². The van der Waals surface area contributed by atoms with E-state index in [-0.39, 0.29) is 28.2 Å². The van der Waals surface area contributed by atoms with Crippen molar-refractivity contribution in [3.05, 3.63) is 83.1 Å². The molecule has 2 aromatic carbocycles. The molecule has 0 spiro atoms. The van der Waals surface area contributed by atoms with E-state index in [1.165, 1.54) is 33.3 Å². The highest BCUT2D eigenvalue weighted by molar-refractivity contribution is 7.89.